The molecule has 8 heteroatoms. The second kappa shape index (κ2) is 8.75. The predicted octanol–water partition coefficient (Wildman–Crippen LogP) is 4.54. The maximum Gasteiger partial charge on any atom is 0.262 e. The third-order valence-corrected chi connectivity index (χ3v) is 5.84. The Bertz CT molecular complexity index is 1070. The lowest BCUT2D eigenvalue weighted by Gasteiger charge is -2.20. The Labute approximate surface area is 172 Å². The Kier molecular flexibility index (Phi) is 6.36. The molecule has 0 aliphatic rings. The van der Waals surface area contributed by atoms with Crippen LogP contribution in [0.1, 0.15) is 33.2 Å². The van der Waals surface area contributed by atoms with Gasteiger partial charge in [0.25, 0.3) is 5.56 Å². The smallest absolute Gasteiger partial charge is 0.262 e. The summed E-state index contributed by atoms with van der Waals surface area (Å²) in [5.41, 5.74) is 0.982. The van der Waals surface area contributed by atoms with Gasteiger partial charge >= 0.3 is 0 Å². The third kappa shape index (κ3) is 4.20. The minimum atomic E-state index is -0.486. The molecule has 0 aliphatic heterocycles. The van der Waals surface area contributed by atoms with Crippen LogP contribution in [-0.2, 0) is 4.79 Å². The number of fused-ring (bicyclic) bond motifs is 1. The highest BCUT2D eigenvalue weighted by molar-refractivity contribution is 8.00. The number of carbonyl (C=O) groups excluding carboxylic acids is 1. The average molecular weight is 417 g/mol. The van der Waals surface area contributed by atoms with Crippen LogP contribution in [0.25, 0.3) is 10.9 Å². The van der Waals surface area contributed by atoms with Gasteiger partial charge in [0.15, 0.2) is 10.3 Å². The highest BCUT2D eigenvalue weighted by Crippen LogP contribution is 2.27. The standard InChI is InChI=1S/C20H21ClN4O2S/c1-4-12(2)25-19(27)14-8-5-6-9-15(14)24-20(25)28-13(3)18(26)23-16-10-7-11-22-17(16)21/h5-13H,4H2,1-3H3,(H,23,26)/t12-,13+/m0/s1. The number of aromatic nitrogens is 3. The van der Waals surface area contributed by atoms with E-state index in [0.717, 1.165) is 6.42 Å². The topological polar surface area (TPSA) is 76.9 Å². The molecule has 1 amide bonds. The van der Waals surface area contributed by atoms with Gasteiger partial charge in [-0.2, -0.15) is 0 Å². The summed E-state index contributed by atoms with van der Waals surface area (Å²) in [5, 5.41) is 3.62. The predicted molar refractivity (Wildman–Crippen MR) is 114 cm³/mol. The molecule has 0 unspecified atom stereocenters. The van der Waals surface area contributed by atoms with Crippen molar-refractivity contribution in [1.29, 1.82) is 0 Å². The monoisotopic (exact) mass is 416 g/mol. The summed E-state index contributed by atoms with van der Waals surface area (Å²) in [5.74, 6) is -0.238. The van der Waals surface area contributed by atoms with Crippen molar-refractivity contribution in [2.75, 3.05) is 5.32 Å². The number of hydrogen-bond donors (Lipinski definition) is 1. The molecule has 0 aliphatic carbocycles. The second-order valence-corrected chi connectivity index (χ2v) is 8.10. The number of rotatable bonds is 6. The van der Waals surface area contributed by atoms with Gasteiger partial charge in [-0.1, -0.05) is 42.4 Å². The number of benzene rings is 1. The minimum absolute atomic E-state index is 0.0323. The highest BCUT2D eigenvalue weighted by Gasteiger charge is 2.22. The van der Waals surface area contributed by atoms with E-state index in [1.165, 1.54) is 11.8 Å². The molecule has 0 fully saturated rings. The fourth-order valence-corrected chi connectivity index (χ4v) is 3.88. The number of halogens is 1. The quantitative estimate of drug-likeness (QED) is 0.362. The normalized spacial score (nSPS) is 13.3. The first kappa shape index (κ1) is 20.4. The van der Waals surface area contributed by atoms with Crippen molar-refractivity contribution in [1.82, 2.24) is 14.5 Å². The van der Waals surface area contributed by atoms with Crippen molar-refractivity contribution in [2.24, 2.45) is 0 Å². The van der Waals surface area contributed by atoms with Gasteiger partial charge in [-0.15, -0.1) is 0 Å². The SMILES string of the molecule is CC[C@H](C)n1c(S[C@H](C)C(=O)Nc2cccnc2Cl)nc2ccccc2c1=O. The summed E-state index contributed by atoms with van der Waals surface area (Å²) in [7, 11) is 0. The second-order valence-electron chi connectivity index (χ2n) is 6.44. The molecule has 0 bridgehead atoms. The van der Waals surface area contributed by atoms with Gasteiger partial charge in [-0.3, -0.25) is 14.2 Å². The molecule has 28 heavy (non-hydrogen) atoms. The molecule has 3 aromatic rings. The number of anilines is 1. The molecule has 0 saturated heterocycles. The number of nitrogens with zero attached hydrogens (tertiary/aromatic N) is 3. The maximum absolute atomic E-state index is 13.0. The van der Waals surface area contributed by atoms with Crippen LogP contribution in [-0.4, -0.2) is 25.7 Å². The lowest BCUT2D eigenvalue weighted by molar-refractivity contribution is -0.115. The zero-order chi connectivity index (χ0) is 20.3. The van der Waals surface area contributed by atoms with Crippen LogP contribution in [0.4, 0.5) is 5.69 Å². The van der Waals surface area contributed by atoms with Crippen LogP contribution in [0.5, 0.6) is 0 Å². The minimum Gasteiger partial charge on any atom is -0.322 e. The number of nitrogens with one attached hydrogen (secondary N) is 1. The van der Waals surface area contributed by atoms with Crippen LogP contribution < -0.4 is 10.9 Å². The van der Waals surface area contributed by atoms with E-state index in [1.54, 1.807) is 35.9 Å². The molecule has 2 atom stereocenters. The van der Waals surface area contributed by atoms with E-state index in [0.29, 0.717) is 21.7 Å². The van der Waals surface area contributed by atoms with Gasteiger partial charge in [-0.25, -0.2) is 9.97 Å². The molecule has 2 heterocycles. The van der Waals surface area contributed by atoms with E-state index in [1.807, 2.05) is 32.0 Å². The molecule has 6 nitrogen and oxygen atoms in total. The zero-order valence-corrected chi connectivity index (χ0v) is 17.4. The Morgan fingerprint density at radius 2 is 2.00 bits per heavy atom. The Hall–Kier alpha value is -2.38. The molecule has 1 aromatic carbocycles. The zero-order valence-electron chi connectivity index (χ0n) is 15.8. The van der Waals surface area contributed by atoms with E-state index in [9.17, 15) is 9.59 Å². The molecule has 0 saturated carbocycles. The number of thioether (sulfide) groups is 1. The Morgan fingerprint density at radius 1 is 1.25 bits per heavy atom. The van der Waals surface area contributed by atoms with E-state index in [-0.39, 0.29) is 22.7 Å². The highest BCUT2D eigenvalue weighted by atomic mass is 35.5. The summed E-state index contributed by atoms with van der Waals surface area (Å²) in [6, 6.07) is 10.6. The van der Waals surface area contributed by atoms with Crippen molar-refractivity contribution in [3.05, 3.63) is 58.1 Å². The van der Waals surface area contributed by atoms with Crippen molar-refractivity contribution in [2.45, 2.75) is 43.6 Å². The van der Waals surface area contributed by atoms with Crippen LogP contribution in [0.2, 0.25) is 5.15 Å². The van der Waals surface area contributed by atoms with Gasteiger partial charge in [0.2, 0.25) is 5.91 Å². The Balaban J connectivity index is 1.93. The van der Waals surface area contributed by atoms with E-state index in [2.05, 4.69) is 15.3 Å². The van der Waals surface area contributed by atoms with Gasteiger partial charge in [-0.05, 0) is 44.5 Å². The molecular formula is C20H21ClN4O2S. The van der Waals surface area contributed by atoms with Gasteiger partial charge < -0.3 is 5.32 Å². The third-order valence-electron chi connectivity index (χ3n) is 4.48. The van der Waals surface area contributed by atoms with Crippen molar-refractivity contribution in [3.8, 4) is 0 Å². The molecule has 3 rings (SSSR count). The summed E-state index contributed by atoms with van der Waals surface area (Å²) < 4.78 is 1.67. The van der Waals surface area contributed by atoms with Crippen LogP contribution in [0.3, 0.4) is 0 Å². The lowest BCUT2D eigenvalue weighted by Crippen LogP contribution is -2.28. The maximum atomic E-state index is 13.0. The molecular weight excluding hydrogens is 396 g/mol. The first-order valence-electron chi connectivity index (χ1n) is 9.01. The van der Waals surface area contributed by atoms with Crippen molar-refractivity contribution >= 4 is 45.9 Å². The van der Waals surface area contributed by atoms with Crippen LogP contribution in [0, 0.1) is 0 Å². The largest absolute Gasteiger partial charge is 0.322 e. The summed E-state index contributed by atoms with van der Waals surface area (Å²) in [6.45, 7) is 5.76. The van der Waals surface area contributed by atoms with Gasteiger partial charge in [0, 0.05) is 12.2 Å². The van der Waals surface area contributed by atoms with Crippen molar-refractivity contribution in [3.63, 3.8) is 0 Å². The number of pyridine rings is 1. The number of para-hydroxylation sites is 1. The molecule has 0 radical (unpaired) electrons. The Morgan fingerprint density at radius 3 is 2.71 bits per heavy atom. The fraction of sp³-hybridized carbons (Fsp3) is 0.300. The summed E-state index contributed by atoms with van der Waals surface area (Å²) >= 11 is 7.27. The lowest BCUT2D eigenvalue weighted by atomic mass is 10.2. The molecule has 0 spiro atoms. The molecule has 2 aromatic heterocycles. The number of amides is 1. The first-order valence-corrected chi connectivity index (χ1v) is 10.3. The number of hydrogen-bond acceptors (Lipinski definition) is 5. The summed E-state index contributed by atoms with van der Waals surface area (Å²) in [4.78, 5) is 34.3. The molecule has 1 N–H and O–H groups in total. The first-order chi connectivity index (χ1) is 13.4. The van der Waals surface area contributed by atoms with Crippen LogP contribution in [0.15, 0.2) is 52.5 Å². The number of carbonyl (C=O) groups is 1. The average Bonchev–Trinajstić information content (AvgIpc) is 2.69. The van der Waals surface area contributed by atoms with E-state index in [4.69, 9.17) is 11.6 Å². The van der Waals surface area contributed by atoms with Gasteiger partial charge in [0.1, 0.15) is 0 Å². The van der Waals surface area contributed by atoms with E-state index < -0.39 is 5.25 Å². The van der Waals surface area contributed by atoms with Crippen LogP contribution >= 0.6 is 23.4 Å². The molecule has 146 valence electrons. The van der Waals surface area contributed by atoms with E-state index >= 15 is 0 Å². The summed E-state index contributed by atoms with van der Waals surface area (Å²) in [6.07, 6.45) is 2.33. The fourth-order valence-electron chi connectivity index (χ4n) is 2.71. The van der Waals surface area contributed by atoms with Gasteiger partial charge in [0.05, 0.1) is 21.8 Å². The van der Waals surface area contributed by atoms with Crippen molar-refractivity contribution < 1.29 is 4.79 Å².